The fourth-order valence-corrected chi connectivity index (χ4v) is 2.47. The summed E-state index contributed by atoms with van der Waals surface area (Å²) in [6.07, 6.45) is -4.54. The number of benzene rings is 1. The maximum Gasteiger partial charge on any atom is 0.494 e. The summed E-state index contributed by atoms with van der Waals surface area (Å²) in [5.41, 5.74) is 3.29. The van der Waals surface area contributed by atoms with Crippen LogP contribution in [0.15, 0.2) is 16.6 Å². The summed E-state index contributed by atoms with van der Waals surface area (Å²) >= 11 is 3.06. The Morgan fingerprint density at radius 3 is 2.00 bits per heavy atom. The van der Waals surface area contributed by atoms with Crippen LogP contribution in [0.3, 0.4) is 0 Å². The highest BCUT2D eigenvalue weighted by Gasteiger charge is 2.52. The monoisotopic (exact) mass is 365 g/mol. The van der Waals surface area contributed by atoms with Gasteiger partial charge >= 0.3 is 13.3 Å². The maximum atomic E-state index is 13.0. The predicted molar refractivity (Wildman–Crippen MR) is 79.3 cm³/mol. The highest BCUT2D eigenvalue weighted by molar-refractivity contribution is 9.10. The molecule has 3 nitrogen and oxygen atoms in total. The van der Waals surface area contributed by atoms with Gasteiger partial charge in [-0.1, -0.05) is 0 Å². The Morgan fingerprint density at radius 1 is 1.10 bits per heavy atom. The van der Waals surface area contributed by atoms with E-state index in [9.17, 15) is 13.2 Å². The molecule has 0 aliphatic carbocycles. The van der Waals surface area contributed by atoms with Crippen LogP contribution >= 0.6 is 15.9 Å². The van der Waals surface area contributed by atoms with Crippen LogP contribution in [0.2, 0.25) is 0 Å². The molecule has 0 saturated carbocycles. The van der Waals surface area contributed by atoms with E-state index in [1.54, 1.807) is 0 Å². The normalized spacial score (nSPS) is 20.9. The highest BCUT2D eigenvalue weighted by Crippen LogP contribution is 2.39. The summed E-state index contributed by atoms with van der Waals surface area (Å²) in [7, 11) is -0.868. The number of hydrogen-bond donors (Lipinski definition) is 1. The molecule has 1 aromatic carbocycles. The van der Waals surface area contributed by atoms with Gasteiger partial charge in [-0.2, -0.15) is 13.2 Å². The Labute approximate surface area is 130 Å². The molecule has 0 aromatic heterocycles. The maximum absolute atomic E-state index is 13.0. The Hall–Kier alpha value is -0.725. The topological polar surface area (TPSA) is 44.5 Å². The zero-order valence-electron chi connectivity index (χ0n) is 12.1. The summed E-state index contributed by atoms with van der Waals surface area (Å²) in [5, 5.41) is 0. The molecular weight excluding hydrogens is 350 g/mol. The fourth-order valence-electron chi connectivity index (χ4n) is 1.99. The van der Waals surface area contributed by atoms with Crippen LogP contribution in [-0.2, 0) is 15.5 Å². The number of nitrogens with two attached hydrogens (primary N) is 1. The summed E-state index contributed by atoms with van der Waals surface area (Å²) in [6.45, 7) is 7.35. The third-order valence-corrected chi connectivity index (χ3v) is 4.64. The fraction of sp³-hybridized carbons (Fsp3) is 0.538. The molecule has 1 aromatic rings. The van der Waals surface area contributed by atoms with Crippen molar-refractivity contribution in [3.8, 4) is 0 Å². The predicted octanol–water partition coefficient (Wildman–Crippen LogP) is 3.35. The molecule has 0 radical (unpaired) electrons. The summed E-state index contributed by atoms with van der Waals surface area (Å²) in [4.78, 5) is 0. The second-order valence-electron chi connectivity index (χ2n) is 6.05. The van der Waals surface area contributed by atoms with Crippen molar-refractivity contribution in [1.29, 1.82) is 0 Å². The molecule has 1 aliphatic rings. The summed E-state index contributed by atoms with van der Waals surface area (Å²) in [6, 6.07) is 2.47. The lowest BCUT2D eigenvalue weighted by atomic mass is 9.78. The minimum absolute atomic E-state index is 0.169. The first-order chi connectivity index (χ1) is 9.35. The standard InChI is InChI=1S/C13H16BBrF3NO2/c1-11(2)12(3,4)21-14(20-11)7-5-8(13(16,17)18)10(19)9(15)6-7/h5-6H,19H2,1-4H3. The molecular formula is C13H16BBrF3NO2. The van der Waals surface area contributed by atoms with E-state index in [4.69, 9.17) is 15.0 Å². The molecule has 1 saturated heterocycles. The van der Waals surface area contributed by atoms with Gasteiger partial charge in [-0.15, -0.1) is 0 Å². The van der Waals surface area contributed by atoms with Crippen molar-refractivity contribution < 1.29 is 22.5 Å². The van der Waals surface area contributed by atoms with Crippen LogP contribution in [0.25, 0.3) is 0 Å². The smallest absolute Gasteiger partial charge is 0.399 e. The molecule has 1 aliphatic heterocycles. The zero-order valence-corrected chi connectivity index (χ0v) is 13.7. The Kier molecular flexibility index (Phi) is 3.88. The second kappa shape index (κ2) is 4.89. The third-order valence-electron chi connectivity index (χ3n) is 3.98. The van der Waals surface area contributed by atoms with Gasteiger partial charge in [-0.05, 0) is 61.2 Å². The molecule has 21 heavy (non-hydrogen) atoms. The second-order valence-corrected chi connectivity index (χ2v) is 6.90. The minimum atomic E-state index is -4.54. The van der Waals surface area contributed by atoms with Crippen molar-refractivity contribution in [2.24, 2.45) is 0 Å². The largest absolute Gasteiger partial charge is 0.494 e. The number of alkyl halides is 3. The van der Waals surface area contributed by atoms with Gasteiger partial charge in [0, 0.05) is 4.47 Å². The molecule has 8 heteroatoms. The van der Waals surface area contributed by atoms with Gasteiger partial charge in [0.25, 0.3) is 0 Å². The molecule has 1 fully saturated rings. The first kappa shape index (κ1) is 16.6. The van der Waals surface area contributed by atoms with Gasteiger partial charge in [0.05, 0.1) is 22.5 Å². The molecule has 116 valence electrons. The number of hydrogen-bond acceptors (Lipinski definition) is 3. The molecule has 0 unspecified atom stereocenters. The Bertz CT molecular complexity index is 559. The van der Waals surface area contributed by atoms with Crippen LogP contribution in [0, 0.1) is 0 Å². The first-order valence-corrected chi connectivity index (χ1v) is 7.16. The van der Waals surface area contributed by atoms with Crippen LogP contribution in [0.5, 0.6) is 0 Å². The van der Waals surface area contributed by atoms with E-state index in [0.29, 0.717) is 0 Å². The average Bonchev–Trinajstić information content (AvgIpc) is 2.50. The van der Waals surface area contributed by atoms with E-state index in [1.165, 1.54) is 6.07 Å². The molecule has 0 amide bonds. The van der Waals surface area contributed by atoms with E-state index in [-0.39, 0.29) is 15.6 Å². The number of nitrogen functional groups attached to an aromatic ring is 1. The van der Waals surface area contributed by atoms with E-state index in [2.05, 4.69) is 15.9 Å². The van der Waals surface area contributed by atoms with E-state index in [1.807, 2.05) is 27.7 Å². The Balaban J connectivity index is 2.46. The SMILES string of the molecule is CC1(C)OB(c2cc(Br)c(N)c(C(F)(F)F)c2)OC1(C)C. The lowest BCUT2D eigenvalue weighted by molar-refractivity contribution is -0.136. The molecule has 1 heterocycles. The van der Waals surface area contributed by atoms with Crippen LogP contribution in [0.1, 0.15) is 33.3 Å². The third kappa shape index (κ3) is 2.93. The van der Waals surface area contributed by atoms with Crippen molar-refractivity contribution in [3.63, 3.8) is 0 Å². The first-order valence-electron chi connectivity index (χ1n) is 6.37. The molecule has 0 spiro atoms. The van der Waals surface area contributed by atoms with Crippen molar-refractivity contribution in [1.82, 2.24) is 0 Å². The number of halogens is 4. The van der Waals surface area contributed by atoms with Gasteiger partial charge in [0.15, 0.2) is 0 Å². The van der Waals surface area contributed by atoms with E-state index >= 15 is 0 Å². The average molecular weight is 366 g/mol. The minimum Gasteiger partial charge on any atom is -0.399 e. The summed E-state index contributed by atoms with van der Waals surface area (Å²) in [5.74, 6) is 0. The quantitative estimate of drug-likeness (QED) is 0.613. The van der Waals surface area contributed by atoms with Gasteiger partial charge in [0.1, 0.15) is 0 Å². The van der Waals surface area contributed by atoms with Crippen molar-refractivity contribution in [2.45, 2.75) is 45.1 Å². The zero-order chi connectivity index (χ0) is 16.2. The lowest BCUT2D eigenvalue weighted by Gasteiger charge is -2.32. The van der Waals surface area contributed by atoms with E-state index < -0.39 is 30.1 Å². The van der Waals surface area contributed by atoms with Gasteiger partial charge in [0.2, 0.25) is 0 Å². The number of rotatable bonds is 1. The molecule has 0 bridgehead atoms. The van der Waals surface area contributed by atoms with Gasteiger partial charge < -0.3 is 15.0 Å². The van der Waals surface area contributed by atoms with Gasteiger partial charge in [-0.25, -0.2) is 0 Å². The van der Waals surface area contributed by atoms with Crippen molar-refractivity contribution in [3.05, 3.63) is 22.2 Å². The number of anilines is 1. The van der Waals surface area contributed by atoms with Crippen LogP contribution in [-0.4, -0.2) is 18.3 Å². The van der Waals surface area contributed by atoms with Crippen molar-refractivity contribution in [2.75, 3.05) is 5.73 Å². The molecule has 0 atom stereocenters. The molecule has 2 rings (SSSR count). The van der Waals surface area contributed by atoms with Crippen LogP contribution in [0.4, 0.5) is 18.9 Å². The lowest BCUT2D eigenvalue weighted by Crippen LogP contribution is -2.41. The van der Waals surface area contributed by atoms with Crippen molar-refractivity contribution >= 4 is 34.2 Å². The molecule has 2 N–H and O–H groups in total. The Morgan fingerprint density at radius 2 is 1.57 bits per heavy atom. The highest BCUT2D eigenvalue weighted by atomic mass is 79.9. The van der Waals surface area contributed by atoms with Gasteiger partial charge in [-0.3, -0.25) is 0 Å². The van der Waals surface area contributed by atoms with E-state index in [0.717, 1.165) is 6.07 Å². The summed E-state index contributed by atoms with van der Waals surface area (Å²) < 4.78 is 50.7. The van der Waals surface area contributed by atoms with Crippen LogP contribution < -0.4 is 11.2 Å².